The highest BCUT2D eigenvalue weighted by Crippen LogP contribution is 2.21. The quantitative estimate of drug-likeness (QED) is 0.905. The van der Waals surface area contributed by atoms with Crippen molar-refractivity contribution >= 4 is 39.3 Å². The summed E-state index contributed by atoms with van der Waals surface area (Å²) in [6.45, 7) is 1.93. The molecule has 92 valence electrons. The van der Waals surface area contributed by atoms with E-state index >= 15 is 0 Å². The lowest BCUT2D eigenvalue weighted by Crippen LogP contribution is -2.13. The Morgan fingerprint density at radius 1 is 1.33 bits per heavy atom. The van der Waals surface area contributed by atoms with E-state index in [1.807, 2.05) is 13.0 Å². The normalized spacial score (nSPS) is 10.2. The third-order valence-electron chi connectivity index (χ3n) is 2.32. The van der Waals surface area contributed by atoms with Gasteiger partial charge in [0, 0.05) is 16.8 Å². The minimum Gasteiger partial charge on any atom is -0.306 e. The van der Waals surface area contributed by atoms with Gasteiger partial charge in [-0.2, -0.15) is 0 Å². The largest absolute Gasteiger partial charge is 0.306 e. The number of halogens is 2. The van der Waals surface area contributed by atoms with Crippen molar-refractivity contribution in [2.45, 2.75) is 6.92 Å². The molecular weight excluding hydrogens is 316 g/mol. The fourth-order valence-corrected chi connectivity index (χ4v) is 2.10. The van der Waals surface area contributed by atoms with Crippen molar-refractivity contribution in [1.82, 2.24) is 4.98 Å². The Kier molecular flexibility index (Phi) is 3.99. The van der Waals surface area contributed by atoms with Crippen molar-refractivity contribution in [2.24, 2.45) is 0 Å². The highest BCUT2D eigenvalue weighted by Gasteiger charge is 2.09. The molecule has 0 fully saturated rings. The molecule has 1 aromatic heterocycles. The van der Waals surface area contributed by atoms with Crippen LogP contribution in [0.3, 0.4) is 0 Å². The topological polar surface area (TPSA) is 42.0 Å². The molecule has 0 spiro atoms. The average Bonchev–Trinajstić information content (AvgIpc) is 2.33. The standard InChI is InChI=1S/C13H10BrClN2O/c1-8-6-11(14)12(16-7-8)17-13(18)9-2-4-10(15)5-3-9/h2-7H,1H3,(H,16,17,18). The first-order chi connectivity index (χ1) is 8.56. The fraction of sp³-hybridized carbons (Fsp3) is 0.0769. The summed E-state index contributed by atoms with van der Waals surface area (Å²) in [6.07, 6.45) is 1.70. The van der Waals surface area contributed by atoms with Gasteiger partial charge >= 0.3 is 0 Å². The first kappa shape index (κ1) is 13.1. The van der Waals surface area contributed by atoms with Crippen molar-refractivity contribution < 1.29 is 4.79 Å². The lowest BCUT2D eigenvalue weighted by molar-refractivity contribution is 0.102. The van der Waals surface area contributed by atoms with E-state index in [9.17, 15) is 4.79 Å². The molecule has 0 unspecified atom stereocenters. The van der Waals surface area contributed by atoms with Gasteiger partial charge < -0.3 is 5.32 Å². The summed E-state index contributed by atoms with van der Waals surface area (Å²) in [4.78, 5) is 16.1. The van der Waals surface area contributed by atoms with Gasteiger partial charge in [0.2, 0.25) is 0 Å². The summed E-state index contributed by atoms with van der Waals surface area (Å²) >= 11 is 9.13. The number of aryl methyl sites for hydroxylation is 1. The van der Waals surface area contributed by atoms with E-state index in [-0.39, 0.29) is 5.91 Å². The van der Waals surface area contributed by atoms with Crippen LogP contribution in [0.2, 0.25) is 5.02 Å². The number of rotatable bonds is 2. The van der Waals surface area contributed by atoms with Crippen molar-refractivity contribution in [1.29, 1.82) is 0 Å². The molecule has 0 bridgehead atoms. The van der Waals surface area contributed by atoms with Crippen LogP contribution in [-0.2, 0) is 0 Å². The van der Waals surface area contributed by atoms with E-state index < -0.39 is 0 Å². The van der Waals surface area contributed by atoms with E-state index in [2.05, 4.69) is 26.2 Å². The minimum atomic E-state index is -0.219. The number of aromatic nitrogens is 1. The Hall–Kier alpha value is -1.39. The predicted molar refractivity (Wildman–Crippen MR) is 76.1 cm³/mol. The van der Waals surface area contributed by atoms with Crippen LogP contribution >= 0.6 is 27.5 Å². The van der Waals surface area contributed by atoms with Crippen molar-refractivity contribution in [3.8, 4) is 0 Å². The van der Waals surface area contributed by atoms with Gasteiger partial charge in [0.25, 0.3) is 5.91 Å². The van der Waals surface area contributed by atoms with Gasteiger partial charge in [0.15, 0.2) is 0 Å². The first-order valence-electron chi connectivity index (χ1n) is 5.25. The number of pyridine rings is 1. The van der Waals surface area contributed by atoms with Crippen LogP contribution in [0.25, 0.3) is 0 Å². The Morgan fingerprint density at radius 3 is 2.61 bits per heavy atom. The first-order valence-corrected chi connectivity index (χ1v) is 6.42. The minimum absolute atomic E-state index is 0.219. The van der Waals surface area contributed by atoms with Gasteiger partial charge in [-0.3, -0.25) is 4.79 Å². The van der Waals surface area contributed by atoms with Gasteiger partial charge in [-0.1, -0.05) is 11.6 Å². The third kappa shape index (κ3) is 3.09. The molecule has 2 rings (SSSR count). The summed E-state index contributed by atoms with van der Waals surface area (Å²) in [5, 5.41) is 3.33. The van der Waals surface area contributed by atoms with Crippen LogP contribution < -0.4 is 5.32 Å². The molecule has 1 aromatic carbocycles. The molecule has 2 aromatic rings. The van der Waals surface area contributed by atoms with Gasteiger partial charge in [-0.05, 0) is 58.7 Å². The van der Waals surface area contributed by atoms with Crippen LogP contribution in [0.15, 0.2) is 41.0 Å². The number of nitrogens with one attached hydrogen (secondary N) is 1. The number of benzene rings is 1. The van der Waals surface area contributed by atoms with Gasteiger partial charge in [-0.25, -0.2) is 4.98 Å². The Morgan fingerprint density at radius 2 is 2.00 bits per heavy atom. The number of nitrogens with zero attached hydrogens (tertiary/aromatic N) is 1. The Labute approximate surface area is 118 Å². The lowest BCUT2D eigenvalue weighted by atomic mass is 10.2. The number of hydrogen-bond donors (Lipinski definition) is 1. The summed E-state index contributed by atoms with van der Waals surface area (Å²) < 4.78 is 0.754. The predicted octanol–water partition coefficient (Wildman–Crippen LogP) is 4.06. The van der Waals surface area contributed by atoms with Crippen LogP contribution in [0.5, 0.6) is 0 Å². The van der Waals surface area contributed by atoms with Crippen molar-refractivity contribution in [2.75, 3.05) is 5.32 Å². The van der Waals surface area contributed by atoms with Gasteiger partial charge in [0.1, 0.15) is 5.82 Å². The summed E-state index contributed by atoms with van der Waals surface area (Å²) in [6, 6.07) is 8.58. The molecule has 0 saturated carbocycles. The summed E-state index contributed by atoms with van der Waals surface area (Å²) in [7, 11) is 0. The molecule has 1 amide bonds. The highest BCUT2D eigenvalue weighted by molar-refractivity contribution is 9.10. The molecule has 1 heterocycles. The molecule has 0 radical (unpaired) electrons. The fourth-order valence-electron chi connectivity index (χ4n) is 1.41. The van der Waals surface area contributed by atoms with E-state index in [1.165, 1.54) is 0 Å². The maximum Gasteiger partial charge on any atom is 0.256 e. The van der Waals surface area contributed by atoms with Crippen LogP contribution in [0.1, 0.15) is 15.9 Å². The van der Waals surface area contributed by atoms with Crippen molar-refractivity contribution in [3.63, 3.8) is 0 Å². The van der Waals surface area contributed by atoms with E-state index in [0.717, 1.165) is 10.0 Å². The van der Waals surface area contributed by atoms with Crippen LogP contribution in [0.4, 0.5) is 5.82 Å². The molecular formula is C13H10BrClN2O. The smallest absolute Gasteiger partial charge is 0.256 e. The molecule has 0 aliphatic rings. The Balaban J connectivity index is 2.18. The molecule has 0 aliphatic heterocycles. The Bertz CT molecular complexity index is 584. The zero-order valence-corrected chi connectivity index (χ0v) is 11.9. The highest BCUT2D eigenvalue weighted by atomic mass is 79.9. The van der Waals surface area contributed by atoms with Crippen molar-refractivity contribution in [3.05, 3.63) is 57.2 Å². The molecule has 0 saturated heterocycles. The summed E-state index contributed by atoms with van der Waals surface area (Å²) in [5.74, 6) is 0.282. The molecule has 1 N–H and O–H groups in total. The number of hydrogen-bond acceptors (Lipinski definition) is 2. The third-order valence-corrected chi connectivity index (χ3v) is 3.17. The second kappa shape index (κ2) is 5.50. The number of amides is 1. The maximum absolute atomic E-state index is 11.9. The van der Waals surface area contributed by atoms with E-state index in [4.69, 9.17) is 11.6 Å². The molecule has 18 heavy (non-hydrogen) atoms. The second-order valence-electron chi connectivity index (χ2n) is 3.80. The molecule has 0 atom stereocenters. The SMILES string of the molecule is Cc1cnc(NC(=O)c2ccc(Cl)cc2)c(Br)c1. The zero-order chi connectivity index (χ0) is 13.1. The average molecular weight is 326 g/mol. The summed E-state index contributed by atoms with van der Waals surface area (Å²) in [5.41, 5.74) is 1.56. The molecule has 3 nitrogen and oxygen atoms in total. The monoisotopic (exact) mass is 324 g/mol. The molecule has 5 heteroatoms. The van der Waals surface area contributed by atoms with Crippen LogP contribution in [0, 0.1) is 6.92 Å². The number of anilines is 1. The lowest BCUT2D eigenvalue weighted by Gasteiger charge is -2.07. The number of carbonyl (C=O) groups is 1. The van der Waals surface area contributed by atoms with Crippen LogP contribution in [-0.4, -0.2) is 10.9 Å². The number of carbonyl (C=O) groups excluding carboxylic acids is 1. The van der Waals surface area contributed by atoms with Gasteiger partial charge in [0.05, 0.1) is 4.47 Å². The second-order valence-corrected chi connectivity index (χ2v) is 5.09. The van der Waals surface area contributed by atoms with E-state index in [1.54, 1.807) is 30.5 Å². The van der Waals surface area contributed by atoms with E-state index in [0.29, 0.717) is 16.4 Å². The maximum atomic E-state index is 11.9. The zero-order valence-electron chi connectivity index (χ0n) is 9.58. The molecule has 0 aliphatic carbocycles. The van der Waals surface area contributed by atoms with Gasteiger partial charge in [-0.15, -0.1) is 0 Å².